The molecule has 0 radical (unpaired) electrons. The maximum absolute atomic E-state index is 12.0. The highest BCUT2D eigenvalue weighted by Gasteiger charge is 2.29. The Labute approximate surface area is 111 Å². The van der Waals surface area contributed by atoms with Crippen LogP contribution in [0.25, 0.3) is 0 Å². The molecular weight excluding hydrogens is 286 g/mol. The summed E-state index contributed by atoms with van der Waals surface area (Å²) < 4.78 is 0. The van der Waals surface area contributed by atoms with Gasteiger partial charge in [0, 0.05) is 23.0 Å². The number of carbonyl (C=O) groups excluding carboxylic acids is 1. The van der Waals surface area contributed by atoms with Crippen molar-refractivity contribution in [3.63, 3.8) is 0 Å². The maximum Gasteiger partial charge on any atom is 0.224 e. The monoisotopic (exact) mass is 307 g/mol. The lowest BCUT2D eigenvalue weighted by Gasteiger charge is -2.32. The SMILES string of the molecule is CC(C)(C)C(CCBr)NC(=O)C1CCSC1. The third kappa shape index (κ3) is 4.28. The van der Waals surface area contributed by atoms with Crippen molar-refractivity contribution in [2.75, 3.05) is 16.8 Å². The van der Waals surface area contributed by atoms with Crippen LogP contribution in [0.2, 0.25) is 0 Å². The van der Waals surface area contributed by atoms with Gasteiger partial charge in [-0.15, -0.1) is 0 Å². The first-order valence-electron chi connectivity index (χ1n) is 5.89. The van der Waals surface area contributed by atoms with E-state index < -0.39 is 0 Å². The minimum Gasteiger partial charge on any atom is -0.353 e. The normalized spacial score (nSPS) is 23.1. The van der Waals surface area contributed by atoms with Gasteiger partial charge < -0.3 is 5.32 Å². The Bertz CT molecular complexity index is 234. The number of rotatable bonds is 4. The number of amides is 1. The van der Waals surface area contributed by atoms with Crippen LogP contribution in [0.1, 0.15) is 33.6 Å². The highest BCUT2D eigenvalue weighted by atomic mass is 79.9. The van der Waals surface area contributed by atoms with E-state index in [0.717, 1.165) is 29.7 Å². The van der Waals surface area contributed by atoms with Crippen LogP contribution in [0, 0.1) is 11.3 Å². The first-order valence-corrected chi connectivity index (χ1v) is 8.17. The van der Waals surface area contributed by atoms with Crippen molar-refractivity contribution in [1.82, 2.24) is 5.32 Å². The van der Waals surface area contributed by atoms with E-state index >= 15 is 0 Å². The van der Waals surface area contributed by atoms with Crippen LogP contribution in [0.4, 0.5) is 0 Å². The van der Waals surface area contributed by atoms with Crippen molar-refractivity contribution >= 4 is 33.6 Å². The summed E-state index contributed by atoms with van der Waals surface area (Å²) in [4.78, 5) is 12.0. The largest absolute Gasteiger partial charge is 0.353 e. The van der Waals surface area contributed by atoms with Crippen molar-refractivity contribution in [1.29, 1.82) is 0 Å². The zero-order chi connectivity index (χ0) is 12.2. The number of halogens is 1. The summed E-state index contributed by atoms with van der Waals surface area (Å²) in [7, 11) is 0. The summed E-state index contributed by atoms with van der Waals surface area (Å²) in [6.45, 7) is 6.55. The van der Waals surface area contributed by atoms with Gasteiger partial charge in [-0.2, -0.15) is 11.8 Å². The van der Waals surface area contributed by atoms with E-state index in [4.69, 9.17) is 0 Å². The molecule has 0 aromatic carbocycles. The zero-order valence-electron chi connectivity index (χ0n) is 10.4. The topological polar surface area (TPSA) is 29.1 Å². The van der Waals surface area contributed by atoms with Crippen molar-refractivity contribution in [3.8, 4) is 0 Å². The molecular formula is C12H22BrNOS. The van der Waals surface area contributed by atoms with Crippen molar-refractivity contribution in [2.45, 2.75) is 39.7 Å². The van der Waals surface area contributed by atoms with Gasteiger partial charge in [0.2, 0.25) is 5.91 Å². The van der Waals surface area contributed by atoms with E-state index in [0.29, 0.717) is 0 Å². The lowest BCUT2D eigenvalue weighted by Crippen LogP contribution is -2.46. The van der Waals surface area contributed by atoms with Crippen molar-refractivity contribution in [3.05, 3.63) is 0 Å². The van der Waals surface area contributed by atoms with Crippen molar-refractivity contribution in [2.24, 2.45) is 11.3 Å². The standard InChI is InChI=1S/C12H22BrNOS/c1-12(2,3)10(4-6-13)14-11(15)9-5-7-16-8-9/h9-10H,4-8H2,1-3H3,(H,14,15). The van der Waals surface area contributed by atoms with Crippen LogP contribution in [0.15, 0.2) is 0 Å². The average molecular weight is 308 g/mol. The molecule has 2 nitrogen and oxygen atoms in total. The van der Waals surface area contributed by atoms with Gasteiger partial charge >= 0.3 is 0 Å². The lowest BCUT2D eigenvalue weighted by atomic mass is 9.85. The summed E-state index contributed by atoms with van der Waals surface area (Å²) >= 11 is 5.35. The Balaban J connectivity index is 2.50. The van der Waals surface area contributed by atoms with E-state index in [-0.39, 0.29) is 23.3 Å². The van der Waals surface area contributed by atoms with E-state index in [1.807, 2.05) is 11.8 Å². The molecule has 94 valence electrons. The third-order valence-electron chi connectivity index (χ3n) is 3.06. The molecule has 1 amide bonds. The lowest BCUT2D eigenvalue weighted by molar-refractivity contribution is -0.125. The predicted octanol–water partition coefficient (Wildman–Crippen LogP) is 3.06. The van der Waals surface area contributed by atoms with E-state index in [1.54, 1.807) is 0 Å². The summed E-state index contributed by atoms with van der Waals surface area (Å²) in [5.74, 6) is 2.63. The molecule has 1 aliphatic heterocycles. The van der Waals surface area contributed by atoms with Gasteiger partial charge in [0.1, 0.15) is 0 Å². The number of alkyl halides is 1. The molecule has 1 rings (SSSR count). The second-order valence-corrected chi connectivity index (χ2v) is 7.41. The quantitative estimate of drug-likeness (QED) is 0.809. The van der Waals surface area contributed by atoms with Crippen LogP contribution in [0.5, 0.6) is 0 Å². The van der Waals surface area contributed by atoms with E-state index in [9.17, 15) is 4.79 Å². The number of hydrogen-bond donors (Lipinski definition) is 1. The van der Waals surface area contributed by atoms with Crippen LogP contribution in [0.3, 0.4) is 0 Å². The second-order valence-electron chi connectivity index (χ2n) is 5.47. The van der Waals surface area contributed by atoms with Gasteiger partial charge in [0.25, 0.3) is 0 Å². The first-order chi connectivity index (χ1) is 7.45. The highest BCUT2D eigenvalue weighted by Crippen LogP contribution is 2.26. The smallest absolute Gasteiger partial charge is 0.224 e. The molecule has 2 atom stereocenters. The van der Waals surface area contributed by atoms with E-state index in [2.05, 4.69) is 42.0 Å². The third-order valence-corrected chi connectivity index (χ3v) is 4.68. The molecule has 1 fully saturated rings. The Morgan fingerprint density at radius 3 is 2.69 bits per heavy atom. The second kappa shape index (κ2) is 6.29. The minimum absolute atomic E-state index is 0.134. The summed E-state index contributed by atoms with van der Waals surface area (Å²) in [6, 6.07) is 0.268. The van der Waals surface area contributed by atoms with Gasteiger partial charge in [-0.05, 0) is 24.0 Å². The molecule has 0 spiro atoms. The van der Waals surface area contributed by atoms with Crippen LogP contribution < -0.4 is 5.32 Å². The van der Waals surface area contributed by atoms with E-state index in [1.165, 1.54) is 0 Å². The Kier molecular flexibility index (Phi) is 5.65. The molecule has 1 N–H and O–H groups in total. The summed E-state index contributed by atoms with van der Waals surface area (Å²) in [5.41, 5.74) is 0.134. The average Bonchev–Trinajstić information content (AvgIpc) is 2.68. The summed E-state index contributed by atoms with van der Waals surface area (Å²) in [5, 5.41) is 4.16. The van der Waals surface area contributed by atoms with Crippen LogP contribution in [-0.2, 0) is 4.79 Å². The highest BCUT2D eigenvalue weighted by molar-refractivity contribution is 9.09. The minimum atomic E-state index is 0.134. The first kappa shape index (κ1) is 14.4. The molecule has 0 bridgehead atoms. The molecule has 16 heavy (non-hydrogen) atoms. The molecule has 2 unspecified atom stereocenters. The van der Waals surface area contributed by atoms with Crippen LogP contribution in [-0.4, -0.2) is 28.8 Å². The summed E-state index contributed by atoms with van der Waals surface area (Å²) in [6.07, 6.45) is 2.04. The predicted molar refractivity (Wildman–Crippen MR) is 75.2 cm³/mol. The fraction of sp³-hybridized carbons (Fsp3) is 0.917. The zero-order valence-corrected chi connectivity index (χ0v) is 12.8. The molecule has 1 aliphatic rings. The Morgan fingerprint density at radius 2 is 2.25 bits per heavy atom. The van der Waals surface area contributed by atoms with Gasteiger partial charge in [-0.1, -0.05) is 36.7 Å². The number of nitrogens with one attached hydrogen (secondary N) is 1. The molecule has 4 heteroatoms. The number of hydrogen-bond acceptors (Lipinski definition) is 2. The van der Waals surface area contributed by atoms with Crippen molar-refractivity contribution < 1.29 is 4.79 Å². The van der Waals surface area contributed by atoms with Gasteiger partial charge in [0.05, 0.1) is 0 Å². The molecule has 0 aromatic heterocycles. The number of carbonyl (C=O) groups is 1. The van der Waals surface area contributed by atoms with Gasteiger partial charge in [0.15, 0.2) is 0 Å². The fourth-order valence-corrected chi connectivity index (χ4v) is 3.54. The maximum atomic E-state index is 12.0. The molecule has 0 saturated carbocycles. The Hall–Kier alpha value is 0.300. The fourth-order valence-electron chi connectivity index (χ4n) is 1.86. The van der Waals surface area contributed by atoms with Crippen LogP contribution >= 0.6 is 27.7 Å². The number of thioether (sulfide) groups is 1. The molecule has 0 aliphatic carbocycles. The van der Waals surface area contributed by atoms with Gasteiger partial charge in [-0.25, -0.2) is 0 Å². The van der Waals surface area contributed by atoms with Gasteiger partial charge in [-0.3, -0.25) is 4.79 Å². The molecule has 1 heterocycles. The molecule has 1 saturated heterocycles. The Morgan fingerprint density at radius 1 is 1.56 bits per heavy atom. The molecule has 0 aromatic rings.